The minimum atomic E-state index is 0.773. The molecule has 1 aromatic rings. The number of rotatable bonds is 5. The van der Waals surface area contributed by atoms with E-state index in [2.05, 4.69) is 35.1 Å². The van der Waals surface area contributed by atoms with Gasteiger partial charge in [-0.25, -0.2) is 4.98 Å². The molecule has 0 aliphatic carbocycles. The fraction of sp³-hybridized carbons (Fsp3) is 0.667. The van der Waals surface area contributed by atoms with E-state index in [1.165, 1.54) is 44.3 Å². The van der Waals surface area contributed by atoms with Crippen LogP contribution in [0.25, 0.3) is 0 Å². The van der Waals surface area contributed by atoms with Gasteiger partial charge in [0.1, 0.15) is 5.82 Å². The van der Waals surface area contributed by atoms with Crippen molar-refractivity contribution >= 4 is 5.82 Å². The van der Waals surface area contributed by atoms with Crippen LogP contribution in [0.4, 0.5) is 5.82 Å². The Morgan fingerprint density at radius 2 is 2.33 bits per heavy atom. The lowest BCUT2D eigenvalue weighted by atomic mass is 10.0. The lowest BCUT2D eigenvalue weighted by Gasteiger charge is -2.33. The van der Waals surface area contributed by atoms with Gasteiger partial charge in [0.25, 0.3) is 0 Å². The fourth-order valence-electron chi connectivity index (χ4n) is 2.65. The van der Waals surface area contributed by atoms with Crippen LogP contribution in [0.1, 0.15) is 38.2 Å². The monoisotopic (exact) mass is 247 g/mol. The number of hydrogen-bond donors (Lipinski definition) is 1. The third-order valence-electron chi connectivity index (χ3n) is 3.86. The normalized spacial score (nSPS) is 20.9. The molecule has 1 aromatic heterocycles. The molecule has 1 atom stereocenters. The van der Waals surface area contributed by atoms with Crippen LogP contribution in [-0.4, -0.2) is 35.6 Å². The van der Waals surface area contributed by atoms with Crippen LogP contribution in [0, 0.1) is 6.92 Å². The minimum absolute atomic E-state index is 0.773. The molecule has 1 saturated heterocycles. The zero-order chi connectivity index (χ0) is 12.8. The molecule has 1 fully saturated rings. The standard InChI is InChI=1S/C15H25N3/c1-13-7-5-9-16-15(13)17-10-6-12-18-11-4-3-8-14(18)2/h5,7,9,14H,3-4,6,8,10-12H2,1-2H3,(H,16,17). The first kappa shape index (κ1) is 13.3. The molecule has 1 aliphatic rings. The molecule has 1 aliphatic heterocycles. The number of aromatic nitrogens is 1. The van der Waals surface area contributed by atoms with E-state index in [9.17, 15) is 0 Å². The van der Waals surface area contributed by atoms with Gasteiger partial charge < -0.3 is 10.2 Å². The third-order valence-corrected chi connectivity index (χ3v) is 3.86. The maximum Gasteiger partial charge on any atom is 0.128 e. The predicted molar refractivity (Wildman–Crippen MR) is 77.0 cm³/mol. The van der Waals surface area contributed by atoms with Gasteiger partial charge in [0, 0.05) is 25.3 Å². The molecule has 0 aromatic carbocycles. The van der Waals surface area contributed by atoms with Crippen molar-refractivity contribution in [3.8, 4) is 0 Å². The Hall–Kier alpha value is -1.09. The van der Waals surface area contributed by atoms with Gasteiger partial charge in [-0.2, -0.15) is 0 Å². The van der Waals surface area contributed by atoms with E-state index < -0.39 is 0 Å². The summed E-state index contributed by atoms with van der Waals surface area (Å²) in [5, 5.41) is 3.43. The summed E-state index contributed by atoms with van der Waals surface area (Å²) in [4.78, 5) is 6.97. The van der Waals surface area contributed by atoms with Crippen molar-refractivity contribution in [2.45, 2.75) is 45.6 Å². The molecule has 1 N–H and O–H groups in total. The van der Waals surface area contributed by atoms with E-state index in [0.717, 1.165) is 18.4 Å². The maximum absolute atomic E-state index is 4.35. The minimum Gasteiger partial charge on any atom is -0.370 e. The third kappa shape index (κ3) is 3.70. The number of pyridine rings is 1. The summed E-state index contributed by atoms with van der Waals surface area (Å²) in [5.41, 5.74) is 1.23. The molecular formula is C15H25N3. The van der Waals surface area contributed by atoms with E-state index >= 15 is 0 Å². The molecule has 18 heavy (non-hydrogen) atoms. The zero-order valence-electron chi connectivity index (χ0n) is 11.7. The molecule has 0 radical (unpaired) electrons. The first-order chi connectivity index (χ1) is 8.77. The topological polar surface area (TPSA) is 28.2 Å². The van der Waals surface area contributed by atoms with Crippen LogP contribution in [0.5, 0.6) is 0 Å². The van der Waals surface area contributed by atoms with Gasteiger partial charge in [-0.05, 0) is 51.3 Å². The zero-order valence-corrected chi connectivity index (χ0v) is 11.7. The van der Waals surface area contributed by atoms with Gasteiger partial charge in [-0.15, -0.1) is 0 Å². The van der Waals surface area contributed by atoms with Crippen molar-refractivity contribution in [1.82, 2.24) is 9.88 Å². The molecular weight excluding hydrogens is 222 g/mol. The predicted octanol–water partition coefficient (Wildman–Crippen LogP) is 3.07. The Labute approximate surface area is 111 Å². The SMILES string of the molecule is Cc1cccnc1NCCCN1CCCCC1C. The Kier molecular flexibility index (Phi) is 5.00. The summed E-state index contributed by atoms with van der Waals surface area (Å²) >= 11 is 0. The molecule has 100 valence electrons. The van der Waals surface area contributed by atoms with Gasteiger partial charge in [-0.3, -0.25) is 0 Å². The van der Waals surface area contributed by atoms with Crippen molar-refractivity contribution in [2.75, 3.05) is 25.0 Å². The number of nitrogens with zero attached hydrogens (tertiary/aromatic N) is 2. The summed E-state index contributed by atoms with van der Waals surface area (Å²) in [6.07, 6.45) is 7.19. The fourth-order valence-corrected chi connectivity index (χ4v) is 2.65. The van der Waals surface area contributed by atoms with E-state index in [1.807, 2.05) is 12.3 Å². The average Bonchev–Trinajstić information content (AvgIpc) is 2.38. The highest BCUT2D eigenvalue weighted by Gasteiger charge is 2.16. The molecule has 3 nitrogen and oxygen atoms in total. The smallest absolute Gasteiger partial charge is 0.128 e. The first-order valence-electron chi connectivity index (χ1n) is 7.17. The van der Waals surface area contributed by atoms with Crippen LogP contribution in [-0.2, 0) is 0 Å². The van der Waals surface area contributed by atoms with Gasteiger partial charge in [0.15, 0.2) is 0 Å². The molecule has 2 heterocycles. The molecule has 2 rings (SSSR count). The summed E-state index contributed by atoms with van der Waals surface area (Å²) in [5.74, 6) is 1.03. The number of nitrogens with one attached hydrogen (secondary N) is 1. The van der Waals surface area contributed by atoms with Crippen molar-refractivity contribution < 1.29 is 0 Å². The summed E-state index contributed by atoms with van der Waals surface area (Å²) in [6.45, 7) is 7.96. The van der Waals surface area contributed by atoms with Crippen molar-refractivity contribution in [1.29, 1.82) is 0 Å². The van der Waals surface area contributed by atoms with Crippen molar-refractivity contribution in [2.24, 2.45) is 0 Å². The quantitative estimate of drug-likeness (QED) is 0.811. The van der Waals surface area contributed by atoms with Crippen LogP contribution < -0.4 is 5.32 Å². The number of likely N-dealkylation sites (tertiary alicyclic amines) is 1. The van der Waals surface area contributed by atoms with Crippen LogP contribution in [0.15, 0.2) is 18.3 Å². The maximum atomic E-state index is 4.35. The van der Waals surface area contributed by atoms with E-state index in [1.54, 1.807) is 0 Å². The Bertz CT molecular complexity index is 365. The summed E-state index contributed by atoms with van der Waals surface area (Å²) in [6, 6.07) is 4.85. The highest BCUT2D eigenvalue weighted by Crippen LogP contribution is 2.16. The molecule has 3 heteroatoms. The highest BCUT2D eigenvalue weighted by molar-refractivity contribution is 5.42. The molecule has 0 amide bonds. The molecule has 0 bridgehead atoms. The Morgan fingerprint density at radius 1 is 1.44 bits per heavy atom. The van der Waals surface area contributed by atoms with Crippen LogP contribution in [0.3, 0.4) is 0 Å². The lowest BCUT2D eigenvalue weighted by Crippen LogP contribution is -2.38. The second-order valence-electron chi connectivity index (χ2n) is 5.33. The Balaban J connectivity index is 1.68. The molecule has 0 spiro atoms. The highest BCUT2D eigenvalue weighted by atomic mass is 15.2. The number of piperidine rings is 1. The number of aryl methyl sites for hydroxylation is 1. The first-order valence-corrected chi connectivity index (χ1v) is 7.17. The summed E-state index contributed by atoms with van der Waals surface area (Å²) in [7, 11) is 0. The van der Waals surface area contributed by atoms with Gasteiger partial charge in [0.05, 0.1) is 0 Å². The number of anilines is 1. The summed E-state index contributed by atoms with van der Waals surface area (Å²) < 4.78 is 0. The molecule has 0 saturated carbocycles. The van der Waals surface area contributed by atoms with Crippen LogP contribution in [0.2, 0.25) is 0 Å². The Morgan fingerprint density at radius 3 is 3.11 bits per heavy atom. The second-order valence-corrected chi connectivity index (χ2v) is 5.33. The largest absolute Gasteiger partial charge is 0.370 e. The molecule has 1 unspecified atom stereocenters. The van der Waals surface area contributed by atoms with E-state index in [-0.39, 0.29) is 0 Å². The van der Waals surface area contributed by atoms with Crippen molar-refractivity contribution in [3.05, 3.63) is 23.9 Å². The average molecular weight is 247 g/mol. The van der Waals surface area contributed by atoms with Gasteiger partial charge in [0.2, 0.25) is 0 Å². The van der Waals surface area contributed by atoms with E-state index in [4.69, 9.17) is 0 Å². The van der Waals surface area contributed by atoms with Gasteiger partial charge in [-0.1, -0.05) is 12.5 Å². The lowest BCUT2D eigenvalue weighted by molar-refractivity contribution is 0.160. The number of hydrogen-bond acceptors (Lipinski definition) is 3. The van der Waals surface area contributed by atoms with Gasteiger partial charge >= 0.3 is 0 Å². The van der Waals surface area contributed by atoms with Crippen LogP contribution >= 0.6 is 0 Å². The van der Waals surface area contributed by atoms with E-state index in [0.29, 0.717) is 0 Å². The second kappa shape index (κ2) is 6.74. The van der Waals surface area contributed by atoms with Crippen molar-refractivity contribution in [3.63, 3.8) is 0 Å².